The molecular weight excluding hydrogens is 348 g/mol. The predicted octanol–water partition coefficient (Wildman–Crippen LogP) is 3.22. The Hall–Kier alpha value is -2.70. The number of hydrogen-bond donors (Lipinski definition) is 0. The molecule has 1 unspecified atom stereocenters. The summed E-state index contributed by atoms with van der Waals surface area (Å²) >= 11 is 0. The molecule has 27 heavy (non-hydrogen) atoms. The fraction of sp³-hybridized carbons (Fsp3) is 0.333. The second-order valence-corrected chi connectivity index (χ2v) is 6.30. The lowest BCUT2D eigenvalue weighted by molar-refractivity contribution is -0.233. The molecule has 0 aliphatic carbocycles. The fourth-order valence-electron chi connectivity index (χ4n) is 2.89. The van der Waals surface area contributed by atoms with Crippen LogP contribution in [0.25, 0.3) is 0 Å². The maximum Gasteiger partial charge on any atom is 0.338 e. The van der Waals surface area contributed by atoms with Crippen LogP contribution in [0.1, 0.15) is 33.6 Å². The standard InChI is InChI=1S/C21H22O6/c1-24-21(15-26-20(23)17-10-6-3-7-11-17)13-12-18(27-21)14-25-19(22)16-8-4-2-5-9-16/h2-11,18H,12-15H2,1H3/t18-,21?/m0/s1. The summed E-state index contributed by atoms with van der Waals surface area (Å²) in [5, 5.41) is 0. The van der Waals surface area contributed by atoms with Crippen molar-refractivity contribution in [3.8, 4) is 0 Å². The topological polar surface area (TPSA) is 71.1 Å². The molecule has 0 N–H and O–H groups in total. The Kier molecular flexibility index (Phi) is 6.21. The molecular formula is C21H22O6. The van der Waals surface area contributed by atoms with Gasteiger partial charge in [0.05, 0.1) is 17.2 Å². The SMILES string of the molecule is COC1(COC(=O)c2ccccc2)CC[C@@H](COC(=O)c2ccccc2)O1. The highest BCUT2D eigenvalue weighted by molar-refractivity contribution is 5.89. The van der Waals surface area contributed by atoms with E-state index in [0.29, 0.717) is 24.0 Å². The summed E-state index contributed by atoms with van der Waals surface area (Å²) in [6, 6.07) is 17.5. The van der Waals surface area contributed by atoms with E-state index < -0.39 is 17.7 Å². The summed E-state index contributed by atoms with van der Waals surface area (Å²) < 4.78 is 22.0. The summed E-state index contributed by atoms with van der Waals surface area (Å²) in [6.07, 6.45) is 0.866. The Morgan fingerprint density at radius 2 is 1.52 bits per heavy atom. The summed E-state index contributed by atoms with van der Waals surface area (Å²) in [5.41, 5.74) is 0.959. The minimum absolute atomic E-state index is 0.0274. The van der Waals surface area contributed by atoms with Crippen LogP contribution in [0.3, 0.4) is 0 Å². The van der Waals surface area contributed by atoms with Gasteiger partial charge in [0.2, 0.25) is 5.79 Å². The zero-order valence-corrected chi connectivity index (χ0v) is 15.1. The van der Waals surface area contributed by atoms with E-state index in [9.17, 15) is 9.59 Å². The molecule has 1 fully saturated rings. The van der Waals surface area contributed by atoms with E-state index in [0.717, 1.165) is 0 Å². The number of benzene rings is 2. The van der Waals surface area contributed by atoms with E-state index >= 15 is 0 Å². The van der Waals surface area contributed by atoms with Gasteiger partial charge in [-0.05, 0) is 30.7 Å². The van der Waals surface area contributed by atoms with Crippen LogP contribution in [-0.4, -0.2) is 44.2 Å². The first-order valence-corrected chi connectivity index (χ1v) is 8.79. The molecule has 0 spiro atoms. The molecule has 1 aliphatic heterocycles. The van der Waals surface area contributed by atoms with Crippen molar-refractivity contribution in [3.63, 3.8) is 0 Å². The van der Waals surface area contributed by atoms with Crippen molar-refractivity contribution in [1.82, 2.24) is 0 Å². The number of esters is 2. The third kappa shape index (κ3) is 4.93. The molecule has 1 heterocycles. The first-order chi connectivity index (χ1) is 13.1. The normalized spacial score (nSPS) is 21.6. The molecule has 1 aliphatic rings. The van der Waals surface area contributed by atoms with E-state index in [1.165, 1.54) is 7.11 Å². The summed E-state index contributed by atoms with van der Waals surface area (Å²) in [5.74, 6) is -1.85. The van der Waals surface area contributed by atoms with Gasteiger partial charge in [-0.25, -0.2) is 9.59 Å². The molecule has 0 aromatic heterocycles. The smallest absolute Gasteiger partial charge is 0.338 e. The summed E-state index contributed by atoms with van der Waals surface area (Å²) in [4.78, 5) is 24.1. The lowest BCUT2D eigenvalue weighted by Gasteiger charge is -2.27. The number of hydrogen-bond acceptors (Lipinski definition) is 6. The van der Waals surface area contributed by atoms with Crippen molar-refractivity contribution < 1.29 is 28.5 Å². The maximum absolute atomic E-state index is 12.1. The van der Waals surface area contributed by atoms with Crippen LogP contribution in [-0.2, 0) is 18.9 Å². The number of ether oxygens (including phenoxy) is 4. The molecule has 3 rings (SSSR count). The molecule has 0 amide bonds. The van der Waals surface area contributed by atoms with Gasteiger partial charge < -0.3 is 18.9 Å². The van der Waals surface area contributed by atoms with Gasteiger partial charge in [0, 0.05) is 13.5 Å². The van der Waals surface area contributed by atoms with Gasteiger partial charge in [0.25, 0.3) is 0 Å². The number of carbonyl (C=O) groups is 2. The second kappa shape index (κ2) is 8.79. The van der Waals surface area contributed by atoms with Gasteiger partial charge in [-0.3, -0.25) is 0 Å². The minimum Gasteiger partial charge on any atom is -0.459 e. The number of rotatable bonds is 7. The average molecular weight is 370 g/mol. The van der Waals surface area contributed by atoms with E-state index in [4.69, 9.17) is 18.9 Å². The molecule has 1 saturated heterocycles. The van der Waals surface area contributed by atoms with Crippen LogP contribution in [0.4, 0.5) is 0 Å². The van der Waals surface area contributed by atoms with Crippen molar-refractivity contribution in [2.24, 2.45) is 0 Å². The molecule has 142 valence electrons. The molecule has 6 nitrogen and oxygen atoms in total. The molecule has 0 bridgehead atoms. The van der Waals surface area contributed by atoms with Crippen LogP contribution in [0, 0.1) is 0 Å². The Bertz CT molecular complexity index is 761. The molecule has 0 radical (unpaired) electrons. The highest BCUT2D eigenvalue weighted by Gasteiger charge is 2.42. The fourth-order valence-corrected chi connectivity index (χ4v) is 2.89. The van der Waals surface area contributed by atoms with Gasteiger partial charge in [0.15, 0.2) is 0 Å². The molecule has 2 aromatic rings. The summed E-state index contributed by atoms with van der Waals surface area (Å²) in [7, 11) is 1.51. The van der Waals surface area contributed by atoms with Crippen LogP contribution < -0.4 is 0 Å². The van der Waals surface area contributed by atoms with Crippen LogP contribution in [0.15, 0.2) is 60.7 Å². The monoisotopic (exact) mass is 370 g/mol. The van der Waals surface area contributed by atoms with Gasteiger partial charge in [-0.15, -0.1) is 0 Å². The van der Waals surface area contributed by atoms with E-state index in [1.807, 2.05) is 12.1 Å². The Morgan fingerprint density at radius 1 is 0.963 bits per heavy atom. The minimum atomic E-state index is -1.02. The second-order valence-electron chi connectivity index (χ2n) is 6.30. The van der Waals surface area contributed by atoms with Crippen LogP contribution in [0.2, 0.25) is 0 Å². The Labute approximate surface area is 158 Å². The van der Waals surface area contributed by atoms with Crippen molar-refractivity contribution >= 4 is 11.9 Å². The highest BCUT2D eigenvalue weighted by Crippen LogP contribution is 2.32. The molecule has 2 aromatic carbocycles. The van der Waals surface area contributed by atoms with E-state index in [-0.39, 0.29) is 19.3 Å². The third-order valence-corrected chi connectivity index (χ3v) is 4.44. The zero-order chi connectivity index (χ0) is 19.1. The quantitative estimate of drug-likeness (QED) is 0.697. The maximum atomic E-state index is 12.1. The van der Waals surface area contributed by atoms with E-state index in [1.54, 1.807) is 48.5 Å². The molecule has 0 saturated carbocycles. The van der Waals surface area contributed by atoms with Crippen LogP contribution >= 0.6 is 0 Å². The zero-order valence-electron chi connectivity index (χ0n) is 15.1. The average Bonchev–Trinajstić information content (AvgIpc) is 3.15. The third-order valence-electron chi connectivity index (χ3n) is 4.44. The first-order valence-electron chi connectivity index (χ1n) is 8.79. The molecule has 2 atom stereocenters. The van der Waals surface area contributed by atoms with Gasteiger partial charge in [-0.2, -0.15) is 0 Å². The van der Waals surface area contributed by atoms with Crippen molar-refractivity contribution in [3.05, 3.63) is 71.8 Å². The van der Waals surface area contributed by atoms with Gasteiger partial charge >= 0.3 is 11.9 Å². The number of carbonyl (C=O) groups excluding carboxylic acids is 2. The van der Waals surface area contributed by atoms with Crippen molar-refractivity contribution in [2.45, 2.75) is 24.7 Å². The number of methoxy groups -OCH3 is 1. The van der Waals surface area contributed by atoms with Gasteiger partial charge in [0.1, 0.15) is 13.2 Å². The molecule has 6 heteroatoms. The summed E-state index contributed by atoms with van der Waals surface area (Å²) in [6.45, 7) is 0.0891. The van der Waals surface area contributed by atoms with Crippen LogP contribution in [0.5, 0.6) is 0 Å². The van der Waals surface area contributed by atoms with Crippen molar-refractivity contribution in [1.29, 1.82) is 0 Å². The lowest BCUT2D eigenvalue weighted by atomic mass is 10.1. The predicted molar refractivity (Wildman–Crippen MR) is 97.3 cm³/mol. The Morgan fingerprint density at radius 3 is 2.07 bits per heavy atom. The first kappa shape index (κ1) is 19.1. The Balaban J connectivity index is 1.49. The highest BCUT2D eigenvalue weighted by atomic mass is 16.7. The van der Waals surface area contributed by atoms with E-state index in [2.05, 4.69) is 0 Å². The largest absolute Gasteiger partial charge is 0.459 e. The van der Waals surface area contributed by atoms with Crippen molar-refractivity contribution in [2.75, 3.05) is 20.3 Å². The van der Waals surface area contributed by atoms with Gasteiger partial charge in [-0.1, -0.05) is 36.4 Å². The lowest BCUT2D eigenvalue weighted by Crippen LogP contribution is -2.38.